The molecule has 0 bridgehead atoms. The largest absolute Gasteiger partial charge is 0.392 e. The van der Waals surface area contributed by atoms with E-state index in [2.05, 4.69) is 16.8 Å². The highest BCUT2D eigenvalue weighted by Crippen LogP contribution is 2.24. The molecule has 0 radical (unpaired) electrons. The maximum atomic E-state index is 8.95. The van der Waals surface area contributed by atoms with Crippen LogP contribution in [0.1, 0.15) is 31.7 Å². The van der Waals surface area contributed by atoms with E-state index >= 15 is 0 Å². The van der Waals surface area contributed by atoms with Gasteiger partial charge in [0.1, 0.15) is 5.82 Å². The van der Waals surface area contributed by atoms with E-state index in [4.69, 9.17) is 5.11 Å². The summed E-state index contributed by atoms with van der Waals surface area (Å²) < 4.78 is 0. The number of rotatable bonds is 4. The Labute approximate surface area is 97.1 Å². The number of aliphatic hydroxyl groups is 1. The number of aliphatic hydroxyl groups excluding tert-OH is 1. The standard InChI is InChI=1S/C13H20N2O/c1-2-3-11-6-7-15(9-11)13-5-4-12(10-16)8-14-13/h4-5,8,11,16H,2-3,6-7,9-10H2,1H3. The molecule has 0 aliphatic carbocycles. The van der Waals surface area contributed by atoms with Gasteiger partial charge in [0.15, 0.2) is 0 Å². The SMILES string of the molecule is CCCC1CCN(c2ccc(CO)cn2)C1. The average Bonchev–Trinajstić information content (AvgIpc) is 2.78. The highest BCUT2D eigenvalue weighted by atomic mass is 16.3. The summed E-state index contributed by atoms with van der Waals surface area (Å²) in [6.45, 7) is 4.58. The Kier molecular flexibility index (Phi) is 3.78. The third kappa shape index (κ3) is 2.53. The molecule has 3 heteroatoms. The van der Waals surface area contributed by atoms with Gasteiger partial charge in [-0.1, -0.05) is 19.4 Å². The Hall–Kier alpha value is -1.09. The van der Waals surface area contributed by atoms with Crippen molar-refractivity contribution in [3.8, 4) is 0 Å². The Morgan fingerprint density at radius 3 is 3.00 bits per heavy atom. The van der Waals surface area contributed by atoms with Crippen molar-refractivity contribution in [3.63, 3.8) is 0 Å². The third-order valence-corrected chi connectivity index (χ3v) is 3.30. The number of anilines is 1. The number of hydrogen-bond donors (Lipinski definition) is 1. The van der Waals surface area contributed by atoms with Crippen LogP contribution in [0.5, 0.6) is 0 Å². The van der Waals surface area contributed by atoms with Crippen LogP contribution in [0.25, 0.3) is 0 Å². The van der Waals surface area contributed by atoms with Gasteiger partial charge in [-0.25, -0.2) is 4.98 Å². The van der Waals surface area contributed by atoms with Crippen molar-refractivity contribution in [1.29, 1.82) is 0 Å². The van der Waals surface area contributed by atoms with Crippen LogP contribution >= 0.6 is 0 Å². The molecular weight excluding hydrogens is 200 g/mol. The van der Waals surface area contributed by atoms with Gasteiger partial charge in [0.25, 0.3) is 0 Å². The van der Waals surface area contributed by atoms with Crippen LogP contribution in [-0.2, 0) is 6.61 Å². The van der Waals surface area contributed by atoms with Gasteiger partial charge in [0.05, 0.1) is 6.61 Å². The molecule has 0 aromatic carbocycles. The lowest BCUT2D eigenvalue weighted by molar-refractivity contribution is 0.281. The molecule has 16 heavy (non-hydrogen) atoms. The molecule has 1 saturated heterocycles. The lowest BCUT2D eigenvalue weighted by Gasteiger charge is -2.17. The maximum absolute atomic E-state index is 8.95. The fourth-order valence-corrected chi connectivity index (χ4v) is 2.38. The minimum absolute atomic E-state index is 0.0751. The molecule has 1 aromatic rings. The molecule has 3 nitrogen and oxygen atoms in total. The first kappa shape index (κ1) is 11.4. The summed E-state index contributed by atoms with van der Waals surface area (Å²) in [5.74, 6) is 1.89. The average molecular weight is 220 g/mol. The van der Waals surface area contributed by atoms with Crippen molar-refractivity contribution < 1.29 is 5.11 Å². The Bertz CT molecular complexity index is 323. The van der Waals surface area contributed by atoms with Crippen molar-refractivity contribution in [2.24, 2.45) is 5.92 Å². The molecule has 1 aromatic heterocycles. The van der Waals surface area contributed by atoms with Crippen molar-refractivity contribution in [1.82, 2.24) is 4.98 Å². The summed E-state index contributed by atoms with van der Waals surface area (Å²) in [5, 5.41) is 8.95. The zero-order valence-electron chi connectivity index (χ0n) is 9.89. The van der Waals surface area contributed by atoms with Crippen LogP contribution in [0.3, 0.4) is 0 Å². The molecule has 88 valence electrons. The van der Waals surface area contributed by atoms with Crippen LogP contribution < -0.4 is 4.90 Å². The van der Waals surface area contributed by atoms with Crippen LogP contribution in [-0.4, -0.2) is 23.2 Å². The molecule has 0 spiro atoms. The van der Waals surface area contributed by atoms with Gasteiger partial charge in [0.2, 0.25) is 0 Å². The number of nitrogens with zero attached hydrogens (tertiary/aromatic N) is 2. The van der Waals surface area contributed by atoms with E-state index in [1.54, 1.807) is 6.20 Å². The summed E-state index contributed by atoms with van der Waals surface area (Å²) in [5.41, 5.74) is 0.882. The summed E-state index contributed by atoms with van der Waals surface area (Å²) in [6, 6.07) is 3.97. The first-order chi connectivity index (χ1) is 7.83. The number of pyridine rings is 1. The summed E-state index contributed by atoms with van der Waals surface area (Å²) >= 11 is 0. The minimum atomic E-state index is 0.0751. The van der Waals surface area contributed by atoms with Crippen LogP contribution in [0, 0.1) is 5.92 Å². The normalized spacial score (nSPS) is 20.4. The van der Waals surface area contributed by atoms with Crippen LogP contribution in [0.4, 0.5) is 5.82 Å². The zero-order valence-corrected chi connectivity index (χ0v) is 9.89. The lowest BCUT2D eigenvalue weighted by atomic mass is 10.0. The van der Waals surface area contributed by atoms with Gasteiger partial charge in [-0.15, -0.1) is 0 Å². The van der Waals surface area contributed by atoms with E-state index in [0.29, 0.717) is 0 Å². The Morgan fingerprint density at radius 2 is 2.38 bits per heavy atom. The molecule has 0 amide bonds. The molecule has 2 heterocycles. The van der Waals surface area contributed by atoms with Crippen LogP contribution in [0.2, 0.25) is 0 Å². The third-order valence-electron chi connectivity index (χ3n) is 3.30. The molecule has 1 fully saturated rings. The van der Waals surface area contributed by atoms with Gasteiger partial charge in [-0.05, 0) is 30.4 Å². The molecule has 1 N–H and O–H groups in total. The van der Waals surface area contributed by atoms with Crippen molar-refractivity contribution in [3.05, 3.63) is 23.9 Å². The van der Waals surface area contributed by atoms with Crippen molar-refractivity contribution in [2.75, 3.05) is 18.0 Å². The minimum Gasteiger partial charge on any atom is -0.392 e. The Morgan fingerprint density at radius 1 is 1.50 bits per heavy atom. The summed E-state index contributed by atoms with van der Waals surface area (Å²) in [6.07, 6.45) is 5.65. The first-order valence-corrected chi connectivity index (χ1v) is 6.14. The van der Waals surface area contributed by atoms with Gasteiger partial charge in [-0.3, -0.25) is 0 Å². The van der Waals surface area contributed by atoms with Gasteiger partial charge in [0, 0.05) is 19.3 Å². The smallest absolute Gasteiger partial charge is 0.128 e. The van der Waals surface area contributed by atoms with Crippen LogP contribution in [0.15, 0.2) is 18.3 Å². The fourth-order valence-electron chi connectivity index (χ4n) is 2.38. The number of aromatic nitrogens is 1. The molecule has 1 aliphatic heterocycles. The van der Waals surface area contributed by atoms with E-state index in [9.17, 15) is 0 Å². The molecule has 2 rings (SSSR count). The van der Waals surface area contributed by atoms with Gasteiger partial charge < -0.3 is 10.0 Å². The summed E-state index contributed by atoms with van der Waals surface area (Å²) in [4.78, 5) is 6.74. The van der Waals surface area contributed by atoms with E-state index in [-0.39, 0.29) is 6.61 Å². The monoisotopic (exact) mass is 220 g/mol. The van der Waals surface area contributed by atoms with E-state index in [1.807, 2.05) is 12.1 Å². The Balaban J connectivity index is 1.97. The van der Waals surface area contributed by atoms with E-state index < -0.39 is 0 Å². The quantitative estimate of drug-likeness (QED) is 0.845. The second-order valence-electron chi connectivity index (χ2n) is 4.57. The van der Waals surface area contributed by atoms with Crippen molar-refractivity contribution in [2.45, 2.75) is 32.8 Å². The lowest BCUT2D eigenvalue weighted by Crippen LogP contribution is -2.20. The fraction of sp³-hybridized carbons (Fsp3) is 0.615. The predicted molar refractivity (Wildman–Crippen MR) is 65.4 cm³/mol. The van der Waals surface area contributed by atoms with Gasteiger partial charge in [-0.2, -0.15) is 0 Å². The molecule has 0 saturated carbocycles. The molecule has 1 unspecified atom stereocenters. The highest BCUT2D eigenvalue weighted by Gasteiger charge is 2.22. The highest BCUT2D eigenvalue weighted by molar-refractivity contribution is 5.40. The predicted octanol–water partition coefficient (Wildman–Crippen LogP) is 2.20. The number of hydrogen-bond acceptors (Lipinski definition) is 3. The van der Waals surface area contributed by atoms with Gasteiger partial charge >= 0.3 is 0 Å². The molecular formula is C13H20N2O. The first-order valence-electron chi connectivity index (χ1n) is 6.14. The van der Waals surface area contributed by atoms with E-state index in [0.717, 1.165) is 30.4 Å². The molecule has 1 aliphatic rings. The van der Waals surface area contributed by atoms with Crippen molar-refractivity contribution >= 4 is 5.82 Å². The second-order valence-corrected chi connectivity index (χ2v) is 4.57. The van der Waals surface area contributed by atoms with E-state index in [1.165, 1.54) is 19.3 Å². The molecule has 1 atom stereocenters. The second kappa shape index (κ2) is 5.30. The zero-order chi connectivity index (χ0) is 11.4. The topological polar surface area (TPSA) is 36.4 Å². The maximum Gasteiger partial charge on any atom is 0.128 e. The summed E-state index contributed by atoms with van der Waals surface area (Å²) in [7, 11) is 0.